The van der Waals surface area contributed by atoms with Gasteiger partial charge in [0.1, 0.15) is 6.10 Å². The lowest BCUT2D eigenvalue weighted by atomic mass is 10.0. The fourth-order valence-electron chi connectivity index (χ4n) is 3.60. The molecule has 154 valence electrons. The maximum atomic E-state index is 12.8. The molecule has 0 aliphatic carbocycles. The molecule has 1 fully saturated rings. The third-order valence-electron chi connectivity index (χ3n) is 5.18. The van der Waals surface area contributed by atoms with Crippen LogP contribution in [0.2, 0.25) is 0 Å². The van der Waals surface area contributed by atoms with Crippen LogP contribution in [-0.2, 0) is 16.0 Å². The molecule has 0 unspecified atom stereocenters. The van der Waals surface area contributed by atoms with Crippen molar-refractivity contribution in [3.63, 3.8) is 0 Å². The molecule has 0 saturated carbocycles. The van der Waals surface area contributed by atoms with Gasteiger partial charge in [0.2, 0.25) is 5.91 Å². The number of fused-ring (bicyclic) bond motifs is 1. The molecule has 4 rings (SSSR count). The van der Waals surface area contributed by atoms with Crippen molar-refractivity contribution in [1.82, 2.24) is 19.8 Å². The van der Waals surface area contributed by atoms with Crippen molar-refractivity contribution >= 4 is 22.7 Å². The van der Waals surface area contributed by atoms with Crippen LogP contribution < -0.4 is 0 Å². The highest BCUT2D eigenvalue weighted by atomic mass is 16.5. The summed E-state index contributed by atoms with van der Waals surface area (Å²) in [5, 5.41) is 0.804. The second kappa shape index (κ2) is 8.59. The average molecular weight is 404 g/mol. The Balaban J connectivity index is 1.60. The number of benzene rings is 1. The van der Waals surface area contributed by atoms with Crippen molar-refractivity contribution in [2.75, 3.05) is 33.8 Å². The van der Waals surface area contributed by atoms with Gasteiger partial charge in [-0.15, -0.1) is 0 Å². The first kappa shape index (κ1) is 20.0. The van der Waals surface area contributed by atoms with Gasteiger partial charge in [-0.25, -0.2) is 4.98 Å². The molecule has 0 bridgehead atoms. The van der Waals surface area contributed by atoms with Crippen molar-refractivity contribution in [3.05, 3.63) is 71.7 Å². The molecule has 1 atom stereocenters. The number of nitrogens with zero attached hydrogens (tertiary/aromatic N) is 4. The van der Waals surface area contributed by atoms with E-state index in [-0.39, 0.29) is 24.3 Å². The van der Waals surface area contributed by atoms with Gasteiger partial charge in [0.15, 0.2) is 0 Å². The van der Waals surface area contributed by atoms with E-state index in [2.05, 4.69) is 4.98 Å². The number of morpholine rings is 1. The first-order chi connectivity index (χ1) is 14.5. The van der Waals surface area contributed by atoms with E-state index in [0.717, 1.165) is 16.6 Å². The van der Waals surface area contributed by atoms with Crippen LogP contribution in [-0.4, -0.2) is 65.4 Å². The van der Waals surface area contributed by atoms with E-state index in [1.165, 1.54) is 0 Å². The Bertz CT molecular complexity index is 1070. The van der Waals surface area contributed by atoms with Gasteiger partial charge in [-0.05, 0) is 24.3 Å². The summed E-state index contributed by atoms with van der Waals surface area (Å²) in [5.41, 5.74) is 2.73. The Kier molecular flexibility index (Phi) is 5.72. The zero-order valence-electron chi connectivity index (χ0n) is 17.1. The molecule has 3 heterocycles. The molecular weight excluding hydrogens is 380 g/mol. The van der Waals surface area contributed by atoms with Gasteiger partial charge in [0, 0.05) is 37.9 Å². The molecule has 1 aromatic carbocycles. The molecular formula is C23H24N4O3. The number of amides is 2. The number of rotatable bonds is 4. The van der Waals surface area contributed by atoms with Crippen molar-refractivity contribution in [2.45, 2.75) is 12.5 Å². The minimum absolute atomic E-state index is 0.00683. The predicted octanol–water partition coefficient (Wildman–Crippen LogP) is 2.47. The van der Waals surface area contributed by atoms with Gasteiger partial charge < -0.3 is 14.5 Å². The van der Waals surface area contributed by atoms with Crippen LogP contribution in [0.4, 0.5) is 0 Å². The number of ether oxygens (including phenoxy) is 1. The van der Waals surface area contributed by atoms with E-state index in [0.29, 0.717) is 31.0 Å². The normalized spacial score (nSPS) is 16.5. The van der Waals surface area contributed by atoms with E-state index in [1.807, 2.05) is 42.5 Å². The first-order valence-electron chi connectivity index (χ1n) is 9.93. The fourth-order valence-corrected chi connectivity index (χ4v) is 3.60. The second-order valence-corrected chi connectivity index (χ2v) is 7.51. The van der Waals surface area contributed by atoms with E-state index in [1.54, 1.807) is 36.2 Å². The van der Waals surface area contributed by atoms with Crippen LogP contribution in [0.25, 0.3) is 10.9 Å². The topological polar surface area (TPSA) is 75.6 Å². The van der Waals surface area contributed by atoms with Crippen molar-refractivity contribution < 1.29 is 14.3 Å². The first-order valence-corrected chi connectivity index (χ1v) is 9.93. The summed E-state index contributed by atoms with van der Waals surface area (Å²) in [7, 11) is 3.46. The third-order valence-corrected chi connectivity index (χ3v) is 5.18. The molecule has 0 radical (unpaired) electrons. The van der Waals surface area contributed by atoms with Crippen LogP contribution in [0, 0.1) is 0 Å². The minimum atomic E-state index is -0.384. The SMILES string of the molecule is CN(C)C(=O)c1cc([C@@H]2CN(C(=O)Cc3ccccn3)CCO2)nc2ccccc12. The van der Waals surface area contributed by atoms with Crippen LogP contribution in [0.3, 0.4) is 0 Å². The van der Waals surface area contributed by atoms with Crippen LogP contribution in [0.1, 0.15) is 27.8 Å². The number of para-hydroxylation sites is 1. The average Bonchev–Trinajstić information content (AvgIpc) is 2.78. The van der Waals surface area contributed by atoms with Crippen LogP contribution in [0.15, 0.2) is 54.7 Å². The van der Waals surface area contributed by atoms with Gasteiger partial charge in [-0.2, -0.15) is 0 Å². The smallest absolute Gasteiger partial charge is 0.254 e. The molecule has 30 heavy (non-hydrogen) atoms. The van der Waals surface area contributed by atoms with E-state index >= 15 is 0 Å². The Morgan fingerprint density at radius 1 is 1.17 bits per heavy atom. The lowest BCUT2D eigenvalue weighted by molar-refractivity contribution is -0.138. The Hall–Kier alpha value is -3.32. The molecule has 7 nitrogen and oxygen atoms in total. The number of pyridine rings is 2. The standard InChI is InChI=1S/C23H24N4O3/c1-26(2)23(29)18-14-20(25-19-9-4-3-8-17(18)19)21-15-27(11-12-30-21)22(28)13-16-7-5-6-10-24-16/h3-10,14,21H,11-13,15H2,1-2H3/t21-/m0/s1. The zero-order chi connectivity index (χ0) is 21.1. The van der Waals surface area contributed by atoms with Crippen LogP contribution in [0.5, 0.6) is 0 Å². The zero-order valence-corrected chi connectivity index (χ0v) is 17.1. The number of carbonyl (C=O) groups excluding carboxylic acids is 2. The summed E-state index contributed by atoms with van der Waals surface area (Å²) in [5.74, 6) is -0.0823. The fraction of sp³-hybridized carbons (Fsp3) is 0.304. The molecule has 3 aromatic rings. The maximum Gasteiger partial charge on any atom is 0.254 e. The summed E-state index contributed by atoms with van der Waals surface area (Å²) in [6.45, 7) is 1.34. The summed E-state index contributed by atoms with van der Waals surface area (Å²) < 4.78 is 5.94. The highest BCUT2D eigenvalue weighted by Gasteiger charge is 2.28. The highest BCUT2D eigenvalue weighted by Crippen LogP contribution is 2.27. The number of aromatic nitrogens is 2. The van der Waals surface area contributed by atoms with Crippen molar-refractivity contribution in [3.8, 4) is 0 Å². The summed E-state index contributed by atoms with van der Waals surface area (Å²) in [6.07, 6.45) is 1.56. The van der Waals surface area contributed by atoms with Gasteiger partial charge >= 0.3 is 0 Å². The predicted molar refractivity (Wildman–Crippen MR) is 113 cm³/mol. The van der Waals surface area contributed by atoms with E-state index in [9.17, 15) is 9.59 Å². The Labute approximate surface area is 175 Å². The maximum absolute atomic E-state index is 12.8. The number of hydrogen-bond donors (Lipinski definition) is 0. The molecule has 7 heteroatoms. The van der Waals surface area contributed by atoms with E-state index < -0.39 is 0 Å². The van der Waals surface area contributed by atoms with Gasteiger partial charge in [-0.1, -0.05) is 24.3 Å². The van der Waals surface area contributed by atoms with Crippen LogP contribution >= 0.6 is 0 Å². The van der Waals surface area contributed by atoms with Gasteiger partial charge in [0.05, 0.1) is 36.3 Å². The van der Waals surface area contributed by atoms with Crippen molar-refractivity contribution in [1.29, 1.82) is 0 Å². The summed E-state index contributed by atoms with van der Waals surface area (Å²) in [6, 6.07) is 14.9. The van der Waals surface area contributed by atoms with E-state index in [4.69, 9.17) is 9.72 Å². The van der Waals surface area contributed by atoms with Gasteiger partial charge in [0.25, 0.3) is 5.91 Å². The Morgan fingerprint density at radius 2 is 1.97 bits per heavy atom. The summed E-state index contributed by atoms with van der Waals surface area (Å²) in [4.78, 5) is 37.8. The monoisotopic (exact) mass is 404 g/mol. The molecule has 1 saturated heterocycles. The van der Waals surface area contributed by atoms with Crippen molar-refractivity contribution in [2.24, 2.45) is 0 Å². The molecule has 2 aromatic heterocycles. The minimum Gasteiger partial charge on any atom is -0.368 e. The molecule has 0 spiro atoms. The largest absolute Gasteiger partial charge is 0.368 e. The highest BCUT2D eigenvalue weighted by molar-refractivity contribution is 6.06. The lowest BCUT2D eigenvalue weighted by Crippen LogP contribution is -2.43. The quantitative estimate of drug-likeness (QED) is 0.668. The number of hydrogen-bond acceptors (Lipinski definition) is 5. The second-order valence-electron chi connectivity index (χ2n) is 7.51. The third kappa shape index (κ3) is 4.16. The molecule has 1 aliphatic heterocycles. The lowest BCUT2D eigenvalue weighted by Gasteiger charge is -2.33. The molecule has 2 amide bonds. The number of carbonyl (C=O) groups is 2. The summed E-state index contributed by atoms with van der Waals surface area (Å²) >= 11 is 0. The van der Waals surface area contributed by atoms with Gasteiger partial charge in [-0.3, -0.25) is 14.6 Å². The molecule has 1 aliphatic rings. The Morgan fingerprint density at radius 3 is 2.73 bits per heavy atom. The molecule has 0 N–H and O–H groups in total.